The largest absolute Gasteiger partial charge is 0.503 e. The lowest BCUT2D eigenvalue weighted by molar-refractivity contribution is -0.117. The summed E-state index contributed by atoms with van der Waals surface area (Å²) >= 11 is 1.05. The second kappa shape index (κ2) is 8.76. The van der Waals surface area contributed by atoms with Gasteiger partial charge in [0.25, 0.3) is 5.91 Å². The first-order valence-corrected chi connectivity index (χ1v) is 12.0. The minimum atomic E-state index is -0.959. The van der Waals surface area contributed by atoms with Crippen molar-refractivity contribution in [2.45, 2.75) is 19.9 Å². The Balaban J connectivity index is 1.66. The molecule has 1 N–H and O–H groups in total. The number of amides is 1. The Bertz CT molecular complexity index is 1530. The van der Waals surface area contributed by atoms with Crippen molar-refractivity contribution in [3.8, 4) is 0 Å². The summed E-state index contributed by atoms with van der Waals surface area (Å²) in [4.78, 5) is 47.2. The number of Topliss-reactive ketones (excluding diaryl/α,β-unsaturated/α-hetero) is 2. The topological polar surface area (TPSA) is 104 Å². The van der Waals surface area contributed by atoms with Crippen LogP contribution in [-0.4, -0.2) is 41.7 Å². The third kappa shape index (κ3) is 3.77. The number of para-hydroxylation sites is 1. The number of hydrogen-bond donors (Lipinski definition) is 1. The molecular formula is C27H23N3O5S. The molecule has 1 atom stereocenters. The average Bonchev–Trinajstić information content (AvgIpc) is 3.53. The van der Waals surface area contributed by atoms with Gasteiger partial charge in [0.2, 0.25) is 5.78 Å². The van der Waals surface area contributed by atoms with Gasteiger partial charge in [0.15, 0.2) is 22.4 Å². The van der Waals surface area contributed by atoms with Crippen LogP contribution in [0, 0.1) is 6.92 Å². The molecule has 36 heavy (non-hydrogen) atoms. The Kier molecular flexibility index (Phi) is 5.72. The van der Waals surface area contributed by atoms with Crippen LogP contribution in [0.1, 0.15) is 44.4 Å². The molecule has 182 valence electrons. The number of carbonyl (C=O) groups excluding carboxylic acids is 3. The monoisotopic (exact) mass is 501 g/mol. The molecule has 0 spiro atoms. The molecule has 1 aliphatic rings. The number of aromatic nitrogens is 1. The highest BCUT2D eigenvalue weighted by molar-refractivity contribution is 7.17. The second-order valence-corrected chi connectivity index (χ2v) is 9.75. The lowest BCUT2D eigenvalue weighted by atomic mass is 9.95. The van der Waals surface area contributed by atoms with Gasteiger partial charge in [-0.05, 0) is 36.8 Å². The van der Waals surface area contributed by atoms with Gasteiger partial charge in [-0.25, -0.2) is 4.98 Å². The first kappa shape index (κ1) is 23.5. The quantitative estimate of drug-likeness (QED) is 0.360. The highest BCUT2D eigenvalue weighted by Crippen LogP contribution is 2.44. The van der Waals surface area contributed by atoms with Crippen molar-refractivity contribution < 1.29 is 23.9 Å². The molecular weight excluding hydrogens is 478 g/mol. The molecule has 2 aromatic carbocycles. The predicted octanol–water partition coefficient (Wildman–Crippen LogP) is 5.25. The molecule has 0 unspecified atom stereocenters. The fourth-order valence-electron chi connectivity index (χ4n) is 4.34. The molecule has 8 nitrogen and oxygen atoms in total. The van der Waals surface area contributed by atoms with Crippen molar-refractivity contribution in [2.24, 2.45) is 0 Å². The smallest absolute Gasteiger partial charge is 0.296 e. The van der Waals surface area contributed by atoms with Gasteiger partial charge in [-0.1, -0.05) is 41.7 Å². The van der Waals surface area contributed by atoms with E-state index in [4.69, 9.17) is 4.42 Å². The van der Waals surface area contributed by atoms with Crippen LogP contribution in [-0.2, 0) is 4.79 Å². The molecule has 0 fully saturated rings. The van der Waals surface area contributed by atoms with E-state index in [0.717, 1.165) is 22.4 Å². The normalized spacial score (nSPS) is 15.7. The van der Waals surface area contributed by atoms with E-state index in [1.54, 1.807) is 37.3 Å². The summed E-state index contributed by atoms with van der Waals surface area (Å²) in [5.74, 6) is -2.19. The fourth-order valence-corrected chi connectivity index (χ4v) is 5.33. The fraction of sp³-hybridized carbons (Fsp3) is 0.185. The Morgan fingerprint density at radius 1 is 1.11 bits per heavy atom. The van der Waals surface area contributed by atoms with Crippen LogP contribution in [0.25, 0.3) is 11.0 Å². The molecule has 0 bridgehead atoms. The zero-order valence-corrected chi connectivity index (χ0v) is 20.9. The number of aryl methyl sites for hydroxylation is 1. The van der Waals surface area contributed by atoms with Crippen LogP contribution < -0.4 is 9.80 Å². The Labute approximate surface area is 211 Å². The Morgan fingerprint density at radius 3 is 2.42 bits per heavy atom. The van der Waals surface area contributed by atoms with Gasteiger partial charge in [-0.3, -0.25) is 19.3 Å². The summed E-state index contributed by atoms with van der Waals surface area (Å²) in [6, 6.07) is 15.2. The number of hydrogen-bond acceptors (Lipinski definition) is 8. The molecule has 0 saturated heterocycles. The zero-order valence-electron chi connectivity index (χ0n) is 20.1. The van der Waals surface area contributed by atoms with Gasteiger partial charge in [0.05, 0.1) is 22.2 Å². The van der Waals surface area contributed by atoms with E-state index in [1.807, 2.05) is 43.3 Å². The van der Waals surface area contributed by atoms with Crippen molar-refractivity contribution in [2.75, 3.05) is 23.9 Å². The summed E-state index contributed by atoms with van der Waals surface area (Å²) in [7, 11) is 3.81. The lowest BCUT2D eigenvalue weighted by Crippen LogP contribution is -2.31. The Morgan fingerprint density at radius 2 is 1.81 bits per heavy atom. The van der Waals surface area contributed by atoms with Gasteiger partial charge < -0.3 is 14.4 Å². The van der Waals surface area contributed by atoms with Gasteiger partial charge in [0.1, 0.15) is 5.58 Å². The SMILES string of the molecule is CC(=O)c1sc(N2C(=O)C(O)=C(C(=O)c3cc4ccccc4o3)[C@@H]2c2ccc(N(C)C)cc2)nc1C. The van der Waals surface area contributed by atoms with E-state index >= 15 is 0 Å². The number of aliphatic hydroxyl groups excluding tert-OH is 1. The maximum atomic E-state index is 13.7. The van der Waals surface area contributed by atoms with Crippen LogP contribution in [0.2, 0.25) is 0 Å². The number of nitrogens with zero attached hydrogens (tertiary/aromatic N) is 3. The van der Waals surface area contributed by atoms with E-state index in [1.165, 1.54) is 11.8 Å². The van der Waals surface area contributed by atoms with Crippen molar-refractivity contribution in [1.29, 1.82) is 0 Å². The highest BCUT2D eigenvalue weighted by atomic mass is 32.1. The number of fused-ring (bicyclic) bond motifs is 1. The van der Waals surface area contributed by atoms with Crippen LogP contribution in [0.15, 0.2) is 70.3 Å². The lowest BCUT2D eigenvalue weighted by Gasteiger charge is -2.25. The minimum absolute atomic E-state index is 0.0158. The van der Waals surface area contributed by atoms with Crippen molar-refractivity contribution in [3.05, 3.63) is 87.8 Å². The summed E-state index contributed by atoms with van der Waals surface area (Å²) in [6.07, 6.45) is 0. The van der Waals surface area contributed by atoms with Gasteiger partial charge in [-0.15, -0.1) is 0 Å². The van der Waals surface area contributed by atoms with E-state index in [2.05, 4.69) is 4.98 Å². The molecule has 0 aliphatic carbocycles. The zero-order chi connectivity index (χ0) is 25.7. The van der Waals surface area contributed by atoms with Gasteiger partial charge in [-0.2, -0.15) is 0 Å². The molecule has 0 saturated carbocycles. The number of benzene rings is 2. The standard InChI is InChI=1S/C27H23N3O5S/c1-14-25(15(2)31)36-27(28-14)30-22(16-9-11-18(12-10-16)29(3)4)21(24(33)26(30)34)23(32)20-13-17-7-5-6-8-19(17)35-20/h5-13,22,33H,1-4H3/t22-/m0/s1. The molecule has 0 radical (unpaired) electrons. The van der Waals surface area contributed by atoms with Gasteiger partial charge in [0, 0.05) is 32.1 Å². The number of carbonyl (C=O) groups is 3. The van der Waals surface area contributed by atoms with Crippen LogP contribution in [0.4, 0.5) is 10.8 Å². The van der Waals surface area contributed by atoms with Gasteiger partial charge >= 0.3 is 0 Å². The number of ketones is 2. The number of anilines is 2. The number of thiazole rings is 1. The molecule has 2 aromatic heterocycles. The summed E-state index contributed by atoms with van der Waals surface area (Å²) < 4.78 is 5.77. The number of rotatable bonds is 6. The molecule has 4 aromatic rings. The number of aliphatic hydroxyl groups is 1. The number of furan rings is 1. The molecule has 1 aliphatic heterocycles. The van der Waals surface area contributed by atoms with E-state index in [-0.39, 0.29) is 22.2 Å². The van der Waals surface area contributed by atoms with Crippen molar-refractivity contribution in [3.63, 3.8) is 0 Å². The molecule has 3 heterocycles. The van der Waals surface area contributed by atoms with Crippen LogP contribution in [0.5, 0.6) is 0 Å². The van der Waals surface area contributed by atoms with Crippen LogP contribution >= 0.6 is 11.3 Å². The second-order valence-electron chi connectivity index (χ2n) is 8.77. The summed E-state index contributed by atoms with van der Waals surface area (Å²) in [5, 5.41) is 11.9. The minimum Gasteiger partial charge on any atom is -0.503 e. The van der Waals surface area contributed by atoms with E-state index in [0.29, 0.717) is 21.7 Å². The molecule has 5 rings (SSSR count). The first-order chi connectivity index (χ1) is 17.2. The predicted molar refractivity (Wildman–Crippen MR) is 138 cm³/mol. The summed E-state index contributed by atoms with van der Waals surface area (Å²) in [5.41, 5.74) is 2.43. The maximum absolute atomic E-state index is 13.7. The first-order valence-electron chi connectivity index (χ1n) is 11.2. The Hall–Kier alpha value is -4.24. The summed E-state index contributed by atoms with van der Waals surface area (Å²) in [6.45, 7) is 3.12. The van der Waals surface area contributed by atoms with Crippen molar-refractivity contribution >= 4 is 50.6 Å². The van der Waals surface area contributed by atoms with Crippen molar-refractivity contribution in [1.82, 2.24) is 4.98 Å². The van der Waals surface area contributed by atoms with E-state index < -0.39 is 23.5 Å². The third-order valence-corrected chi connectivity index (χ3v) is 7.40. The third-order valence-electron chi connectivity index (χ3n) is 6.14. The average molecular weight is 502 g/mol. The highest BCUT2D eigenvalue weighted by Gasteiger charge is 2.46. The van der Waals surface area contributed by atoms with Crippen LogP contribution in [0.3, 0.4) is 0 Å². The molecule has 1 amide bonds. The maximum Gasteiger partial charge on any atom is 0.296 e. The molecule has 9 heteroatoms. The van der Waals surface area contributed by atoms with E-state index in [9.17, 15) is 19.5 Å².